The lowest BCUT2D eigenvalue weighted by atomic mass is 9.33. The van der Waals surface area contributed by atoms with Gasteiger partial charge in [-0.05, 0) is 130 Å². The smallest absolute Gasteiger partial charge is 0.309 e. The number of allylic oxidation sites excluding steroid dienone is 1. The zero-order valence-electron chi connectivity index (χ0n) is 36.7. The van der Waals surface area contributed by atoms with Gasteiger partial charge in [0.2, 0.25) is 0 Å². The molecule has 4 fully saturated rings. The summed E-state index contributed by atoms with van der Waals surface area (Å²) >= 11 is 0. The quantitative estimate of drug-likeness (QED) is 0.192. The lowest BCUT2D eigenvalue weighted by Gasteiger charge is -2.72. The number of ether oxygens (including phenoxy) is 1. The molecule has 1 aromatic carbocycles. The maximum atomic E-state index is 14.3. The number of aliphatic hydroxyl groups excluding tert-OH is 1. The van der Waals surface area contributed by atoms with E-state index in [2.05, 4.69) is 96.6 Å². The molecule has 2 N–H and O–H groups in total. The monoisotopic (exact) mass is 775 g/mol. The number of ketones is 1. The third kappa shape index (κ3) is 7.14. The number of carbonyl (C=O) groups excluding carboxylic acids is 2. The third-order valence-corrected chi connectivity index (χ3v) is 17.0. The molecule has 0 saturated heterocycles. The van der Waals surface area contributed by atoms with E-state index in [1.165, 1.54) is 11.1 Å². The predicted molar refractivity (Wildman–Crippen MR) is 222 cm³/mol. The second-order valence-corrected chi connectivity index (χ2v) is 21.6. The van der Waals surface area contributed by atoms with Gasteiger partial charge in [0.05, 0.1) is 17.9 Å². The number of hydrogen-bond acceptors (Lipinski definition) is 7. The number of carboxylic acids is 1. The summed E-state index contributed by atoms with van der Waals surface area (Å²) in [7, 11) is 4.20. The molecule has 5 aliphatic rings. The van der Waals surface area contributed by atoms with Gasteiger partial charge in [-0.1, -0.05) is 84.4 Å². The summed E-state index contributed by atoms with van der Waals surface area (Å²) in [6, 6.07) is 10.5. The molecule has 0 spiro atoms. The number of carboxylic acid groups (broad SMARTS) is 1. The Hall–Kier alpha value is -2.55. The van der Waals surface area contributed by atoms with E-state index in [4.69, 9.17) is 4.74 Å². The van der Waals surface area contributed by atoms with E-state index >= 15 is 0 Å². The molecule has 0 bridgehead atoms. The number of aliphatic carboxylic acids is 1. The Morgan fingerprint density at radius 3 is 2.20 bits per heavy atom. The van der Waals surface area contributed by atoms with Gasteiger partial charge in [-0.3, -0.25) is 19.3 Å². The molecule has 9 atom stereocenters. The van der Waals surface area contributed by atoms with Crippen LogP contribution in [0.2, 0.25) is 0 Å². The highest BCUT2D eigenvalue weighted by Crippen LogP contribution is 2.77. The second-order valence-electron chi connectivity index (χ2n) is 21.6. The molecule has 8 nitrogen and oxygen atoms in total. The number of fused-ring (bicyclic) bond motifs is 7. The normalized spacial score (nSPS) is 35.9. The van der Waals surface area contributed by atoms with Crippen molar-refractivity contribution in [2.45, 2.75) is 145 Å². The number of Topliss-reactive ketones (excluding diaryl/α,β-unsaturated/α-hetero) is 1. The van der Waals surface area contributed by atoms with Crippen LogP contribution in [0.1, 0.15) is 132 Å². The predicted octanol–water partition coefficient (Wildman–Crippen LogP) is 8.80. The largest absolute Gasteiger partial charge is 0.481 e. The van der Waals surface area contributed by atoms with Crippen LogP contribution in [0, 0.1) is 56.2 Å². The maximum absolute atomic E-state index is 14.3. The first-order chi connectivity index (χ1) is 26.0. The molecule has 1 aromatic rings. The first kappa shape index (κ1) is 43.0. The van der Waals surface area contributed by atoms with Crippen LogP contribution < -0.4 is 0 Å². The summed E-state index contributed by atoms with van der Waals surface area (Å²) in [5.74, 6) is 0.0748. The average Bonchev–Trinajstić information content (AvgIpc) is 3.42. The Balaban J connectivity index is 1.29. The number of carbonyl (C=O) groups is 3. The van der Waals surface area contributed by atoms with E-state index in [0.29, 0.717) is 24.8 Å². The van der Waals surface area contributed by atoms with Crippen molar-refractivity contribution in [1.29, 1.82) is 0 Å². The average molecular weight is 775 g/mol. The van der Waals surface area contributed by atoms with Crippen LogP contribution in [-0.2, 0) is 25.7 Å². The molecule has 0 amide bonds. The summed E-state index contributed by atoms with van der Waals surface area (Å²) in [4.78, 5) is 43.8. The van der Waals surface area contributed by atoms with Crippen molar-refractivity contribution in [3.8, 4) is 0 Å². The van der Waals surface area contributed by atoms with Crippen molar-refractivity contribution in [2.24, 2.45) is 56.2 Å². The van der Waals surface area contributed by atoms with Crippen molar-refractivity contribution >= 4 is 17.7 Å². The van der Waals surface area contributed by atoms with Crippen molar-refractivity contribution in [1.82, 2.24) is 9.80 Å². The van der Waals surface area contributed by atoms with Crippen molar-refractivity contribution in [3.05, 3.63) is 47.0 Å². The number of nitrogens with zero attached hydrogens (tertiary/aromatic N) is 2. The molecule has 5 aliphatic carbocycles. The summed E-state index contributed by atoms with van der Waals surface area (Å²) < 4.78 is 6.20. The van der Waals surface area contributed by atoms with E-state index in [0.717, 1.165) is 76.6 Å². The van der Waals surface area contributed by atoms with Crippen LogP contribution in [0.4, 0.5) is 0 Å². The molecule has 312 valence electrons. The summed E-state index contributed by atoms with van der Waals surface area (Å²) in [5.41, 5.74) is 1.72. The Bertz CT molecular complexity index is 1680. The summed E-state index contributed by atoms with van der Waals surface area (Å²) in [6.45, 7) is 22.8. The topological polar surface area (TPSA) is 107 Å². The van der Waals surface area contributed by atoms with Crippen LogP contribution in [0.15, 0.2) is 41.5 Å². The van der Waals surface area contributed by atoms with Gasteiger partial charge >= 0.3 is 11.9 Å². The summed E-state index contributed by atoms with van der Waals surface area (Å²) in [5, 5.41) is 22.3. The van der Waals surface area contributed by atoms with Gasteiger partial charge in [0.1, 0.15) is 6.10 Å². The number of aliphatic hydroxyl groups is 1. The van der Waals surface area contributed by atoms with Gasteiger partial charge in [0.15, 0.2) is 5.78 Å². The van der Waals surface area contributed by atoms with Gasteiger partial charge in [0.25, 0.3) is 0 Å². The zero-order chi connectivity index (χ0) is 41.2. The fourth-order valence-corrected chi connectivity index (χ4v) is 13.7. The standard InChI is InChI=1S/C48H74N2O6/c1-31(2)40-34(51)27-48(37(52)30-50(26-25-49(10)11)29-32-15-13-12-14-16-32)24-23-46(8)33(41(40)48)17-18-36-45(7)21-20-38(56-39(53)28-43(3,4)42(54)55)44(5,6)35(45)19-22-47(36,46)9/h12-16,31,33,35-38,52H,17-30H2,1-11H3,(H,54,55)/t33-,35?,36?,37-,38+,45+,46-,47-,48+/m1/s1. The molecule has 0 aromatic heterocycles. The van der Waals surface area contributed by atoms with E-state index < -0.39 is 28.9 Å². The zero-order valence-corrected chi connectivity index (χ0v) is 36.7. The molecule has 56 heavy (non-hydrogen) atoms. The fourth-order valence-electron chi connectivity index (χ4n) is 13.7. The number of rotatable bonds is 13. The Morgan fingerprint density at radius 1 is 0.893 bits per heavy atom. The number of benzene rings is 1. The van der Waals surface area contributed by atoms with Crippen molar-refractivity contribution in [2.75, 3.05) is 33.7 Å². The molecule has 0 aliphatic heterocycles. The van der Waals surface area contributed by atoms with Crippen LogP contribution in [0.5, 0.6) is 0 Å². The lowest BCUT2D eigenvalue weighted by Crippen LogP contribution is -2.66. The van der Waals surface area contributed by atoms with Crippen molar-refractivity contribution in [3.63, 3.8) is 0 Å². The Labute approximate surface area is 338 Å². The second kappa shape index (κ2) is 15.2. The molecule has 8 heteroatoms. The highest BCUT2D eigenvalue weighted by atomic mass is 16.5. The van der Waals surface area contributed by atoms with Crippen LogP contribution >= 0.6 is 0 Å². The minimum atomic E-state index is -1.17. The Morgan fingerprint density at radius 2 is 1.57 bits per heavy atom. The van der Waals surface area contributed by atoms with Crippen LogP contribution in [0.25, 0.3) is 0 Å². The van der Waals surface area contributed by atoms with E-state index in [9.17, 15) is 24.6 Å². The number of esters is 1. The molecule has 2 unspecified atom stereocenters. The minimum Gasteiger partial charge on any atom is -0.481 e. The van der Waals surface area contributed by atoms with Gasteiger partial charge in [-0.2, -0.15) is 0 Å². The highest BCUT2D eigenvalue weighted by molar-refractivity contribution is 6.00. The Kier molecular flexibility index (Phi) is 11.7. The molecule has 4 saturated carbocycles. The third-order valence-electron chi connectivity index (χ3n) is 17.0. The van der Waals surface area contributed by atoms with Gasteiger partial charge in [-0.15, -0.1) is 0 Å². The van der Waals surface area contributed by atoms with Gasteiger partial charge < -0.3 is 19.8 Å². The molecular weight excluding hydrogens is 701 g/mol. The first-order valence-electron chi connectivity index (χ1n) is 21.8. The molecule has 0 radical (unpaired) electrons. The number of likely N-dealkylation sites (N-methyl/N-ethyl adjacent to an activating group) is 1. The van der Waals surface area contributed by atoms with Gasteiger partial charge in [0, 0.05) is 43.4 Å². The van der Waals surface area contributed by atoms with Crippen LogP contribution in [-0.4, -0.2) is 83.7 Å². The molecule has 0 heterocycles. The fraction of sp³-hybridized carbons (Fsp3) is 0.771. The molecular formula is C48H74N2O6. The van der Waals surface area contributed by atoms with Gasteiger partial charge in [-0.25, -0.2) is 0 Å². The van der Waals surface area contributed by atoms with Crippen molar-refractivity contribution < 1.29 is 29.3 Å². The SMILES string of the molecule is CC(C)C1=C2[C@H]3CCC4[C@@]5(C)CC[C@H](OC(=O)CC(C)(C)C(=O)O)C(C)(C)C5CC[C@@]4(C)[C@]3(C)CC[C@@]2([C@H](O)CN(CCN(C)C)Cc2ccccc2)CC1=O. The first-order valence-corrected chi connectivity index (χ1v) is 21.8. The van der Waals surface area contributed by atoms with Crippen LogP contribution in [0.3, 0.4) is 0 Å². The van der Waals surface area contributed by atoms with E-state index in [-0.39, 0.29) is 51.8 Å². The lowest BCUT2D eigenvalue weighted by molar-refractivity contribution is -0.235. The minimum absolute atomic E-state index is 0.0161. The van der Waals surface area contributed by atoms with E-state index in [1.807, 2.05) is 6.07 Å². The van der Waals surface area contributed by atoms with E-state index in [1.54, 1.807) is 13.8 Å². The summed E-state index contributed by atoms with van der Waals surface area (Å²) in [6.07, 6.45) is 7.28. The maximum Gasteiger partial charge on any atom is 0.309 e. The number of hydrogen-bond donors (Lipinski definition) is 2. The highest BCUT2D eigenvalue weighted by Gasteiger charge is 2.71. The molecule has 6 rings (SSSR count).